The van der Waals surface area contributed by atoms with E-state index in [0.29, 0.717) is 0 Å². The molecule has 0 aliphatic heterocycles. The molecule has 1 aromatic carbocycles. The summed E-state index contributed by atoms with van der Waals surface area (Å²) in [6.45, 7) is 4.50. The molecule has 2 N–H and O–H groups in total. The summed E-state index contributed by atoms with van der Waals surface area (Å²) in [6.07, 6.45) is 5.05. The molecular weight excluding hydrogens is 232 g/mol. The van der Waals surface area contributed by atoms with Gasteiger partial charge in [-0.2, -0.15) is 0 Å². The number of nitrogens with zero attached hydrogens (tertiary/aromatic N) is 1. The largest absolute Gasteiger partial charge is 0.322 e. The molecule has 0 spiro atoms. The molecule has 106 valence electrons. The lowest BCUT2D eigenvalue weighted by Gasteiger charge is -2.49. The number of hydrogen-bond donors (Lipinski definition) is 1. The van der Waals surface area contributed by atoms with Gasteiger partial charge in [-0.3, -0.25) is 0 Å². The maximum absolute atomic E-state index is 6.70. The molecule has 2 rings (SSSR count). The van der Waals surface area contributed by atoms with E-state index in [1.165, 1.54) is 36.8 Å². The summed E-state index contributed by atoms with van der Waals surface area (Å²) in [4.78, 5) is 2.37. The quantitative estimate of drug-likeness (QED) is 0.901. The maximum Gasteiger partial charge on any atom is 0.0482 e. The molecule has 1 aliphatic rings. The van der Waals surface area contributed by atoms with Gasteiger partial charge < -0.3 is 10.6 Å². The SMILES string of the molecule is Cc1cccc(C(N)C2(N(C)C)CCCC(C)C2)c1. The monoisotopic (exact) mass is 260 g/mol. The van der Waals surface area contributed by atoms with E-state index in [4.69, 9.17) is 5.73 Å². The van der Waals surface area contributed by atoms with Gasteiger partial charge in [-0.15, -0.1) is 0 Å². The average molecular weight is 260 g/mol. The van der Waals surface area contributed by atoms with Gasteiger partial charge in [0.05, 0.1) is 0 Å². The van der Waals surface area contributed by atoms with Gasteiger partial charge in [-0.05, 0) is 45.3 Å². The topological polar surface area (TPSA) is 29.3 Å². The van der Waals surface area contributed by atoms with Gasteiger partial charge in [-0.1, -0.05) is 49.6 Å². The van der Waals surface area contributed by atoms with Crippen molar-refractivity contribution >= 4 is 0 Å². The molecular formula is C17H28N2. The van der Waals surface area contributed by atoms with Crippen molar-refractivity contribution in [3.05, 3.63) is 35.4 Å². The molecule has 19 heavy (non-hydrogen) atoms. The lowest BCUT2D eigenvalue weighted by atomic mass is 9.70. The Morgan fingerprint density at radius 1 is 1.37 bits per heavy atom. The van der Waals surface area contributed by atoms with Crippen molar-refractivity contribution in [1.82, 2.24) is 4.90 Å². The van der Waals surface area contributed by atoms with Gasteiger partial charge >= 0.3 is 0 Å². The third-order valence-electron chi connectivity index (χ3n) is 4.88. The highest BCUT2D eigenvalue weighted by Gasteiger charge is 2.42. The van der Waals surface area contributed by atoms with Crippen molar-refractivity contribution in [3.63, 3.8) is 0 Å². The van der Waals surface area contributed by atoms with Crippen LogP contribution in [0.15, 0.2) is 24.3 Å². The molecule has 1 aromatic rings. The molecule has 1 saturated carbocycles. The van der Waals surface area contributed by atoms with Crippen LogP contribution in [0.25, 0.3) is 0 Å². The van der Waals surface area contributed by atoms with Crippen LogP contribution < -0.4 is 5.73 Å². The standard InChI is InChI=1S/C17H28N2/c1-13-7-5-9-15(11-13)16(18)17(19(3)4)10-6-8-14(2)12-17/h5,7,9,11,14,16H,6,8,10,12,18H2,1-4H3. The zero-order valence-corrected chi connectivity index (χ0v) is 12.8. The zero-order valence-electron chi connectivity index (χ0n) is 12.8. The Morgan fingerprint density at radius 3 is 2.68 bits per heavy atom. The Hall–Kier alpha value is -0.860. The highest BCUT2D eigenvalue weighted by molar-refractivity contribution is 5.28. The summed E-state index contributed by atoms with van der Waals surface area (Å²) in [5.74, 6) is 0.770. The van der Waals surface area contributed by atoms with Gasteiger partial charge in [0.15, 0.2) is 0 Å². The molecule has 1 aliphatic carbocycles. The van der Waals surface area contributed by atoms with E-state index in [1.54, 1.807) is 0 Å². The number of nitrogens with two attached hydrogens (primary N) is 1. The summed E-state index contributed by atoms with van der Waals surface area (Å²) in [5, 5.41) is 0. The zero-order chi connectivity index (χ0) is 14.0. The summed E-state index contributed by atoms with van der Waals surface area (Å²) in [5.41, 5.74) is 9.39. The molecule has 3 unspecified atom stereocenters. The van der Waals surface area contributed by atoms with Crippen LogP contribution in [0.2, 0.25) is 0 Å². The van der Waals surface area contributed by atoms with Crippen molar-refractivity contribution in [2.24, 2.45) is 11.7 Å². The Morgan fingerprint density at radius 2 is 2.11 bits per heavy atom. The van der Waals surface area contributed by atoms with Crippen LogP contribution in [-0.4, -0.2) is 24.5 Å². The van der Waals surface area contributed by atoms with E-state index >= 15 is 0 Å². The summed E-state index contributed by atoms with van der Waals surface area (Å²) >= 11 is 0. The van der Waals surface area contributed by atoms with Crippen molar-refractivity contribution in [2.75, 3.05) is 14.1 Å². The fraction of sp³-hybridized carbons (Fsp3) is 0.647. The molecule has 0 aromatic heterocycles. The second-order valence-electron chi connectivity index (χ2n) is 6.59. The molecule has 0 bridgehead atoms. The molecule has 0 radical (unpaired) electrons. The van der Waals surface area contributed by atoms with Crippen molar-refractivity contribution in [1.29, 1.82) is 0 Å². The van der Waals surface area contributed by atoms with Gasteiger partial charge in [0.25, 0.3) is 0 Å². The number of likely N-dealkylation sites (N-methyl/N-ethyl adjacent to an activating group) is 1. The molecule has 0 amide bonds. The lowest BCUT2D eigenvalue weighted by Crippen LogP contribution is -2.54. The van der Waals surface area contributed by atoms with E-state index in [9.17, 15) is 0 Å². The molecule has 3 atom stereocenters. The van der Waals surface area contributed by atoms with Gasteiger partial charge in [0.1, 0.15) is 0 Å². The number of hydrogen-bond acceptors (Lipinski definition) is 2. The first-order valence-corrected chi connectivity index (χ1v) is 7.45. The van der Waals surface area contributed by atoms with Gasteiger partial charge in [0.2, 0.25) is 0 Å². The Bertz CT molecular complexity index is 427. The van der Waals surface area contributed by atoms with Crippen molar-refractivity contribution < 1.29 is 0 Å². The first-order chi connectivity index (χ1) is 8.95. The number of aryl methyl sites for hydroxylation is 1. The predicted molar refractivity (Wildman–Crippen MR) is 82.2 cm³/mol. The highest BCUT2D eigenvalue weighted by atomic mass is 15.2. The summed E-state index contributed by atoms with van der Waals surface area (Å²) in [7, 11) is 4.38. The van der Waals surface area contributed by atoms with Crippen LogP contribution in [0.3, 0.4) is 0 Å². The third kappa shape index (κ3) is 2.85. The lowest BCUT2D eigenvalue weighted by molar-refractivity contribution is 0.0499. The van der Waals surface area contributed by atoms with E-state index in [-0.39, 0.29) is 11.6 Å². The highest BCUT2D eigenvalue weighted by Crippen LogP contribution is 2.42. The second kappa shape index (κ2) is 5.64. The van der Waals surface area contributed by atoms with E-state index in [2.05, 4.69) is 57.1 Å². The number of benzene rings is 1. The Balaban J connectivity index is 2.33. The molecule has 2 nitrogen and oxygen atoms in total. The van der Waals surface area contributed by atoms with Crippen LogP contribution in [0, 0.1) is 12.8 Å². The van der Waals surface area contributed by atoms with Crippen LogP contribution in [0.1, 0.15) is 49.8 Å². The minimum Gasteiger partial charge on any atom is -0.322 e. The minimum absolute atomic E-state index is 0.102. The van der Waals surface area contributed by atoms with Crippen LogP contribution in [-0.2, 0) is 0 Å². The molecule has 0 saturated heterocycles. The van der Waals surface area contributed by atoms with Crippen LogP contribution in [0.5, 0.6) is 0 Å². The van der Waals surface area contributed by atoms with Crippen molar-refractivity contribution in [2.45, 2.75) is 51.1 Å². The van der Waals surface area contributed by atoms with E-state index < -0.39 is 0 Å². The molecule has 1 fully saturated rings. The van der Waals surface area contributed by atoms with Crippen LogP contribution in [0.4, 0.5) is 0 Å². The maximum atomic E-state index is 6.70. The van der Waals surface area contributed by atoms with E-state index in [0.717, 1.165) is 5.92 Å². The minimum atomic E-state index is 0.102. The Labute approximate surface area is 118 Å². The number of rotatable bonds is 3. The first-order valence-electron chi connectivity index (χ1n) is 7.45. The fourth-order valence-electron chi connectivity index (χ4n) is 3.70. The van der Waals surface area contributed by atoms with Crippen molar-refractivity contribution in [3.8, 4) is 0 Å². The van der Waals surface area contributed by atoms with Crippen LogP contribution >= 0.6 is 0 Å². The van der Waals surface area contributed by atoms with Gasteiger partial charge in [-0.25, -0.2) is 0 Å². The predicted octanol–water partition coefficient (Wildman–Crippen LogP) is 3.51. The Kier molecular flexibility index (Phi) is 4.32. The van der Waals surface area contributed by atoms with Gasteiger partial charge in [0, 0.05) is 11.6 Å². The first kappa shape index (κ1) is 14.5. The summed E-state index contributed by atoms with van der Waals surface area (Å²) in [6, 6.07) is 8.80. The van der Waals surface area contributed by atoms with E-state index in [1.807, 2.05) is 0 Å². The molecule has 2 heteroatoms. The smallest absolute Gasteiger partial charge is 0.0482 e. The third-order valence-corrected chi connectivity index (χ3v) is 4.88. The summed E-state index contributed by atoms with van der Waals surface area (Å²) < 4.78 is 0. The molecule has 0 heterocycles. The fourth-order valence-corrected chi connectivity index (χ4v) is 3.70. The normalized spacial score (nSPS) is 29.5. The second-order valence-corrected chi connectivity index (χ2v) is 6.59. The average Bonchev–Trinajstić information content (AvgIpc) is 2.37.